The summed E-state index contributed by atoms with van der Waals surface area (Å²) in [6, 6.07) is 2.12. The molecule has 1 fully saturated rings. The van der Waals surface area contributed by atoms with Gasteiger partial charge in [-0.15, -0.1) is 0 Å². The maximum atomic E-state index is 11.9. The monoisotopic (exact) mass is 456 g/mol. The number of rotatable bonds is 8. The third kappa shape index (κ3) is 3.51. The second-order valence-electron chi connectivity index (χ2n) is 9.92. The molecule has 2 aliphatic heterocycles. The van der Waals surface area contributed by atoms with E-state index in [9.17, 15) is 19.8 Å². The van der Waals surface area contributed by atoms with E-state index in [1.54, 1.807) is 6.07 Å². The fourth-order valence-electron chi connectivity index (χ4n) is 6.62. The molecule has 1 amide bonds. The molecule has 5 atom stereocenters. The highest BCUT2D eigenvalue weighted by atomic mass is 16.5. The van der Waals surface area contributed by atoms with Crippen LogP contribution in [0.3, 0.4) is 0 Å². The van der Waals surface area contributed by atoms with Crippen LogP contribution in [0, 0.1) is 5.92 Å². The average Bonchev–Trinajstić information content (AvgIpc) is 3.12. The number of likely N-dealkylation sites (N-methyl/N-ethyl adjacent to an activating group) is 1. The van der Waals surface area contributed by atoms with Gasteiger partial charge in [-0.25, -0.2) is 0 Å². The molecule has 4 aliphatic rings. The van der Waals surface area contributed by atoms with Gasteiger partial charge in [0.1, 0.15) is 12.2 Å². The highest BCUT2D eigenvalue weighted by molar-refractivity contribution is 5.76. The molecule has 2 aliphatic carbocycles. The van der Waals surface area contributed by atoms with Crippen LogP contribution in [0.5, 0.6) is 11.5 Å². The van der Waals surface area contributed by atoms with Crippen molar-refractivity contribution in [3.63, 3.8) is 0 Å². The Morgan fingerprint density at radius 2 is 2.09 bits per heavy atom. The fraction of sp³-hybridized carbons (Fsp3) is 0.600. The number of hydrogen-bond acceptors (Lipinski definition) is 6. The van der Waals surface area contributed by atoms with Crippen LogP contribution < -0.4 is 10.1 Å². The number of hydrogen-bond donors (Lipinski definition) is 4. The Balaban J connectivity index is 1.35. The number of carboxylic acids is 1. The molecule has 178 valence electrons. The van der Waals surface area contributed by atoms with E-state index in [0.717, 1.165) is 36.9 Å². The third-order valence-corrected chi connectivity index (χ3v) is 8.11. The van der Waals surface area contributed by atoms with Crippen LogP contribution in [0.25, 0.3) is 0 Å². The zero-order valence-corrected chi connectivity index (χ0v) is 18.9. The van der Waals surface area contributed by atoms with Crippen molar-refractivity contribution in [2.75, 3.05) is 20.1 Å². The van der Waals surface area contributed by atoms with Gasteiger partial charge >= 0.3 is 5.97 Å². The minimum atomic E-state index is -0.891. The van der Waals surface area contributed by atoms with Crippen molar-refractivity contribution in [3.8, 4) is 11.5 Å². The summed E-state index contributed by atoms with van der Waals surface area (Å²) >= 11 is 0. The molecule has 4 N–H and O–H groups in total. The molecular formula is C25H32N2O6. The smallest absolute Gasteiger partial charge is 0.303 e. The summed E-state index contributed by atoms with van der Waals surface area (Å²) in [7, 11) is 2.16. The molecule has 1 spiro atoms. The van der Waals surface area contributed by atoms with E-state index in [1.807, 2.05) is 6.08 Å². The number of aliphatic hydroxyl groups excluding tert-OH is 1. The number of aliphatic hydroxyl groups is 1. The first-order valence-electron chi connectivity index (χ1n) is 11.9. The average molecular weight is 457 g/mol. The molecule has 33 heavy (non-hydrogen) atoms. The minimum absolute atomic E-state index is 0.00348. The Labute approximate surface area is 193 Å². The number of carbonyl (C=O) groups is 2. The van der Waals surface area contributed by atoms with Gasteiger partial charge in [-0.3, -0.25) is 9.59 Å². The predicted molar refractivity (Wildman–Crippen MR) is 120 cm³/mol. The number of likely N-dealkylation sites (tertiary alicyclic amines) is 1. The lowest BCUT2D eigenvalue weighted by Gasteiger charge is -2.56. The number of aliphatic carboxylic acids is 1. The Morgan fingerprint density at radius 3 is 2.88 bits per heavy atom. The summed E-state index contributed by atoms with van der Waals surface area (Å²) in [5.41, 5.74) is 3.10. The lowest BCUT2D eigenvalue weighted by molar-refractivity contribution is -0.137. The molecule has 0 radical (unpaired) electrons. The van der Waals surface area contributed by atoms with Gasteiger partial charge in [0, 0.05) is 42.3 Å². The van der Waals surface area contributed by atoms with Crippen LogP contribution in [0.15, 0.2) is 18.2 Å². The first-order valence-corrected chi connectivity index (χ1v) is 11.9. The number of aromatic hydroxyl groups is 1. The number of carboxylic acid groups (broad SMARTS) is 1. The molecule has 0 saturated carbocycles. The zero-order valence-electron chi connectivity index (χ0n) is 18.9. The van der Waals surface area contributed by atoms with E-state index < -0.39 is 12.1 Å². The second-order valence-corrected chi connectivity index (χ2v) is 9.92. The molecule has 0 unspecified atom stereocenters. The standard InChI is InChI=1S/C25H32N2O6/c1-27-11-9-25-16-7-8-18(28)24(25)33-23-19(29)12-14(15(22(23)25)13-17(16)27)4-3-10-26-20(30)5-2-6-21(31)32/h7-8,12,16-18,24,28-29H,2-6,9-11,13H2,1H3,(H,26,30)(H,31,32)/t16-,17+,18-,24-,25-/m0/s1. The van der Waals surface area contributed by atoms with Gasteiger partial charge in [0.25, 0.3) is 0 Å². The van der Waals surface area contributed by atoms with Gasteiger partial charge in [0.15, 0.2) is 11.5 Å². The number of nitrogens with zero attached hydrogens (tertiary/aromatic N) is 1. The van der Waals surface area contributed by atoms with E-state index in [-0.39, 0.29) is 41.9 Å². The third-order valence-electron chi connectivity index (χ3n) is 8.11. The summed E-state index contributed by atoms with van der Waals surface area (Å²) in [5.74, 6) is -0.100. The van der Waals surface area contributed by atoms with Crippen molar-refractivity contribution in [2.45, 2.75) is 68.6 Å². The first kappa shape index (κ1) is 22.2. The molecule has 2 bridgehead atoms. The summed E-state index contributed by atoms with van der Waals surface area (Å²) in [5, 5.41) is 33.2. The topological polar surface area (TPSA) is 119 Å². The summed E-state index contributed by atoms with van der Waals surface area (Å²) in [6.45, 7) is 1.43. The molecule has 1 aromatic carbocycles. The van der Waals surface area contributed by atoms with Gasteiger partial charge in [-0.1, -0.05) is 12.2 Å². The van der Waals surface area contributed by atoms with Crippen LogP contribution in [-0.2, 0) is 27.8 Å². The van der Waals surface area contributed by atoms with Gasteiger partial charge in [-0.05, 0) is 62.9 Å². The maximum Gasteiger partial charge on any atom is 0.303 e. The lowest BCUT2D eigenvalue weighted by Crippen LogP contribution is -2.64. The van der Waals surface area contributed by atoms with Crippen LogP contribution in [0.1, 0.15) is 48.8 Å². The highest BCUT2D eigenvalue weighted by Gasteiger charge is 2.64. The number of carbonyl (C=O) groups excluding carboxylic acids is 1. The molecule has 5 rings (SSSR count). The van der Waals surface area contributed by atoms with Crippen LogP contribution in [0.4, 0.5) is 0 Å². The molecule has 8 nitrogen and oxygen atoms in total. The molecule has 1 aromatic rings. The molecule has 8 heteroatoms. The Kier molecular flexibility index (Phi) is 5.61. The number of benzene rings is 1. The van der Waals surface area contributed by atoms with Gasteiger partial charge in [-0.2, -0.15) is 0 Å². The Hall–Kier alpha value is -2.58. The van der Waals surface area contributed by atoms with Gasteiger partial charge in [0.2, 0.25) is 5.91 Å². The Morgan fingerprint density at radius 1 is 1.27 bits per heavy atom. The van der Waals surface area contributed by atoms with Crippen molar-refractivity contribution in [2.24, 2.45) is 5.92 Å². The normalized spacial score (nSPS) is 31.1. The number of piperidine rings is 1. The maximum absolute atomic E-state index is 11.9. The second kappa shape index (κ2) is 8.33. The molecule has 1 saturated heterocycles. The minimum Gasteiger partial charge on any atom is -0.504 e. The van der Waals surface area contributed by atoms with Crippen molar-refractivity contribution in [1.82, 2.24) is 10.2 Å². The van der Waals surface area contributed by atoms with E-state index in [4.69, 9.17) is 9.84 Å². The molecular weight excluding hydrogens is 424 g/mol. The van der Waals surface area contributed by atoms with Gasteiger partial charge < -0.3 is 30.3 Å². The van der Waals surface area contributed by atoms with Gasteiger partial charge in [0.05, 0.1) is 0 Å². The van der Waals surface area contributed by atoms with E-state index in [2.05, 4.69) is 23.3 Å². The SMILES string of the molecule is CN1CC[C@]23c4c5c(CCCNC(=O)CCCC(=O)O)cc(O)c4O[C@H]2[C@@H](O)C=C[C@H]3[C@H]1C5. The van der Waals surface area contributed by atoms with Crippen LogP contribution in [-0.4, -0.2) is 70.5 Å². The number of nitrogens with one attached hydrogen (secondary N) is 1. The highest BCUT2D eigenvalue weighted by Crippen LogP contribution is 2.63. The zero-order chi connectivity index (χ0) is 23.3. The van der Waals surface area contributed by atoms with E-state index in [1.165, 1.54) is 5.56 Å². The summed E-state index contributed by atoms with van der Waals surface area (Å²) in [4.78, 5) is 24.9. The first-order chi connectivity index (χ1) is 15.8. The summed E-state index contributed by atoms with van der Waals surface area (Å²) < 4.78 is 6.25. The number of ether oxygens (including phenoxy) is 1. The predicted octanol–water partition coefficient (Wildman–Crippen LogP) is 1.50. The largest absolute Gasteiger partial charge is 0.504 e. The fourth-order valence-corrected chi connectivity index (χ4v) is 6.62. The van der Waals surface area contributed by atoms with Crippen molar-refractivity contribution >= 4 is 11.9 Å². The van der Waals surface area contributed by atoms with Crippen LogP contribution >= 0.6 is 0 Å². The van der Waals surface area contributed by atoms with Crippen molar-refractivity contribution in [3.05, 3.63) is 34.9 Å². The van der Waals surface area contributed by atoms with Crippen molar-refractivity contribution in [1.29, 1.82) is 0 Å². The van der Waals surface area contributed by atoms with E-state index in [0.29, 0.717) is 31.2 Å². The van der Waals surface area contributed by atoms with Crippen molar-refractivity contribution < 1.29 is 29.6 Å². The number of phenolic OH excluding ortho intramolecular Hbond substituents is 1. The molecule has 2 heterocycles. The summed E-state index contributed by atoms with van der Waals surface area (Å²) in [6.07, 6.45) is 6.69. The Bertz CT molecular complexity index is 1010. The number of phenols is 1. The van der Waals surface area contributed by atoms with E-state index >= 15 is 0 Å². The quantitative estimate of drug-likeness (QED) is 0.346. The van der Waals surface area contributed by atoms with Crippen LogP contribution in [0.2, 0.25) is 0 Å². The number of amides is 1. The number of aryl methyl sites for hydroxylation is 1. The lowest BCUT2D eigenvalue weighted by atomic mass is 9.53. The molecule has 0 aromatic heterocycles.